The molecule has 2 rings (SSSR count). The quantitative estimate of drug-likeness (QED) is 0.751. The van der Waals surface area contributed by atoms with Crippen LogP contribution in [0.5, 0.6) is 0 Å². The van der Waals surface area contributed by atoms with Crippen molar-refractivity contribution in [1.29, 1.82) is 0 Å². The number of carbonyl (C=O) groups is 1. The minimum atomic E-state index is 0.0851. The van der Waals surface area contributed by atoms with Gasteiger partial charge in [-0.15, -0.1) is 11.6 Å². The maximum Gasteiger partial charge on any atom is 0.254 e. The van der Waals surface area contributed by atoms with E-state index in [0.29, 0.717) is 12.4 Å². The van der Waals surface area contributed by atoms with E-state index in [1.54, 1.807) is 0 Å². The molecular formula is C17H20ClNO. The molecular weight excluding hydrogens is 270 g/mol. The number of halogens is 1. The fraction of sp³-hybridized carbons (Fsp3) is 0.353. The van der Waals surface area contributed by atoms with Crippen LogP contribution in [0.3, 0.4) is 0 Å². The Morgan fingerprint density at radius 1 is 1.15 bits per heavy atom. The van der Waals surface area contributed by atoms with Crippen molar-refractivity contribution < 1.29 is 4.79 Å². The first-order valence-electron chi connectivity index (χ1n) is 7.00. The van der Waals surface area contributed by atoms with Gasteiger partial charge in [0, 0.05) is 24.0 Å². The van der Waals surface area contributed by atoms with Crippen LogP contribution in [0.1, 0.15) is 30.6 Å². The van der Waals surface area contributed by atoms with E-state index in [9.17, 15) is 4.79 Å². The summed E-state index contributed by atoms with van der Waals surface area (Å²) in [7, 11) is 0. The van der Waals surface area contributed by atoms with E-state index >= 15 is 0 Å². The molecule has 0 radical (unpaired) electrons. The summed E-state index contributed by atoms with van der Waals surface area (Å²) in [4.78, 5) is 14.7. The molecule has 0 aliphatic rings. The summed E-state index contributed by atoms with van der Waals surface area (Å²) in [5.74, 6) is 0.661. The van der Waals surface area contributed by atoms with Crippen molar-refractivity contribution in [3.63, 3.8) is 0 Å². The van der Waals surface area contributed by atoms with Gasteiger partial charge in [-0.25, -0.2) is 0 Å². The Kier molecular flexibility index (Phi) is 5.02. The minimum absolute atomic E-state index is 0.0851. The zero-order valence-corrected chi connectivity index (χ0v) is 12.7. The van der Waals surface area contributed by atoms with E-state index in [-0.39, 0.29) is 11.9 Å². The molecule has 0 saturated carbocycles. The highest BCUT2D eigenvalue weighted by molar-refractivity contribution is 6.17. The number of fused-ring (bicyclic) bond motifs is 1. The average Bonchev–Trinajstić information content (AvgIpc) is 2.46. The Hall–Kier alpha value is -1.54. The lowest BCUT2D eigenvalue weighted by Gasteiger charge is -2.27. The zero-order valence-electron chi connectivity index (χ0n) is 12.0. The Labute approximate surface area is 125 Å². The molecule has 1 amide bonds. The van der Waals surface area contributed by atoms with Gasteiger partial charge in [-0.2, -0.15) is 0 Å². The molecule has 2 aromatic carbocycles. The number of benzene rings is 2. The molecule has 3 heteroatoms. The number of hydrogen-bond donors (Lipinski definition) is 0. The number of nitrogens with zero attached hydrogens (tertiary/aromatic N) is 1. The van der Waals surface area contributed by atoms with Crippen molar-refractivity contribution in [1.82, 2.24) is 4.90 Å². The normalized spacial score (nSPS) is 11.0. The molecule has 20 heavy (non-hydrogen) atoms. The maximum absolute atomic E-state index is 12.8. The van der Waals surface area contributed by atoms with E-state index in [1.807, 2.05) is 61.2 Å². The summed E-state index contributed by atoms with van der Waals surface area (Å²) in [6.45, 7) is 4.78. The first-order valence-corrected chi connectivity index (χ1v) is 7.53. The van der Waals surface area contributed by atoms with Gasteiger partial charge in [0.05, 0.1) is 0 Å². The fourth-order valence-corrected chi connectivity index (χ4v) is 2.51. The van der Waals surface area contributed by atoms with Crippen molar-refractivity contribution in [2.24, 2.45) is 0 Å². The Morgan fingerprint density at radius 2 is 1.85 bits per heavy atom. The summed E-state index contributed by atoms with van der Waals surface area (Å²) in [6, 6.07) is 14.0. The predicted molar refractivity (Wildman–Crippen MR) is 85.5 cm³/mol. The van der Waals surface area contributed by atoms with Crippen molar-refractivity contribution in [3.05, 3.63) is 48.0 Å². The highest BCUT2D eigenvalue weighted by Crippen LogP contribution is 2.21. The van der Waals surface area contributed by atoms with E-state index in [4.69, 9.17) is 11.6 Å². The SMILES string of the molecule is CC(C)N(CCCCl)C(=O)c1cccc2ccccc12. The van der Waals surface area contributed by atoms with Gasteiger partial charge in [0.2, 0.25) is 0 Å². The van der Waals surface area contributed by atoms with Crippen LogP contribution >= 0.6 is 11.6 Å². The lowest BCUT2D eigenvalue weighted by molar-refractivity contribution is 0.0708. The summed E-state index contributed by atoms with van der Waals surface area (Å²) < 4.78 is 0. The fourth-order valence-electron chi connectivity index (χ4n) is 2.39. The molecule has 2 aromatic rings. The summed E-state index contributed by atoms with van der Waals surface area (Å²) in [6.07, 6.45) is 0.816. The molecule has 0 unspecified atom stereocenters. The standard InChI is InChI=1S/C17H20ClNO/c1-13(2)19(12-6-11-18)17(20)16-10-5-8-14-7-3-4-9-15(14)16/h3-5,7-10,13H,6,11-12H2,1-2H3. The second-order valence-electron chi connectivity index (χ2n) is 5.16. The Morgan fingerprint density at radius 3 is 2.55 bits per heavy atom. The second-order valence-corrected chi connectivity index (χ2v) is 5.54. The number of amides is 1. The van der Waals surface area contributed by atoms with Gasteiger partial charge in [-0.05, 0) is 37.1 Å². The zero-order chi connectivity index (χ0) is 14.5. The van der Waals surface area contributed by atoms with Crippen molar-refractivity contribution in [3.8, 4) is 0 Å². The van der Waals surface area contributed by atoms with Crippen LogP contribution in [0.2, 0.25) is 0 Å². The van der Waals surface area contributed by atoms with Crippen LogP contribution in [-0.2, 0) is 0 Å². The summed E-state index contributed by atoms with van der Waals surface area (Å²) >= 11 is 5.76. The largest absolute Gasteiger partial charge is 0.336 e. The van der Waals surface area contributed by atoms with Gasteiger partial charge in [-0.1, -0.05) is 36.4 Å². The summed E-state index contributed by atoms with van der Waals surface area (Å²) in [5.41, 5.74) is 0.770. The molecule has 0 heterocycles. The van der Waals surface area contributed by atoms with E-state index in [2.05, 4.69) is 0 Å². The molecule has 0 atom stereocenters. The molecule has 0 fully saturated rings. The monoisotopic (exact) mass is 289 g/mol. The molecule has 0 bridgehead atoms. The van der Waals surface area contributed by atoms with Crippen LogP contribution in [-0.4, -0.2) is 29.3 Å². The van der Waals surface area contributed by atoms with E-state index in [1.165, 1.54) is 0 Å². The van der Waals surface area contributed by atoms with Crippen LogP contribution in [0.25, 0.3) is 10.8 Å². The molecule has 0 aliphatic heterocycles. The van der Waals surface area contributed by atoms with Gasteiger partial charge in [0.1, 0.15) is 0 Å². The lowest BCUT2D eigenvalue weighted by atomic mass is 10.0. The summed E-state index contributed by atoms with van der Waals surface area (Å²) in [5, 5.41) is 2.11. The van der Waals surface area contributed by atoms with Gasteiger partial charge in [-0.3, -0.25) is 4.79 Å². The lowest BCUT2D eigenvalue weighted by Crippen LogP contribution is -2.38. The van der Waals surface area contributed by atoms with Crippen LogP contribution in [0.4, 0.5) is 0 Å². The Bertz CT molecular complexity index is 589. The van der Waals surface area contributed by atoms with Gasteiger partial charge in [0.25, 0.3) is 5.91 Å². The van der Waals surface area contributed by atoms with E-state index in [0.717, 1.165) is 22.8 Å². The molecule has 0 N–H and O–H groups in total. The van der Waals surface area contributed by atoms with Crippen LogP contribution in [0.15, 0.2) is 42.5 Å². The van der Waals surface area contributed by atoms with Crippen LogP contribution in [0, 0.1) is 0 Å². The maximum atomic E-state index is 12.8. The molecule has 2 nitrogen and oxygen atoms in total. The van der Waals surface area contributed by atoms with Crippen molar-refractivity contribution >= 4 is 28.3 Å². The van der Waals surface area contributed by atoms with E-state index < -0.39 is 0 Å². The second kappa shape index (κ2) is 6.76. The number of carbonyl (C=O) groups excluding carboxylic acids is 1. The van der Waals surface area contributed by atoms with Gasteiger partial charge >= 0.3 is 0 Å². The van der Waals surface area contributed by atoms with Crippen molar-refractivity contribution in [2.45, 2.75) is 26.3 Å². The molecule has 0 spiro atoms. The molecule has 106 valence electrons. The van der Waals surface area contributed by atoms with Crippen LogP contribution < -0.4 is 0 Å². The Balaban J connectivity index is 2.38. The predicted octanol–water partition coefficient (Wildman–Crippen LogP) is 4.32. The third-order valence-corrected chi connectivity index (χ3v) is 3.70. The number of hydrogen-bond acceptors (Lipinski definition) is 1. The highest BCUT2D eigenvalue weighted by Gasteiger charge is 2.19. The molecule has 0 aromatic heterocycles. The third kappa shape index (κ3) is 3.13. The first kappa shape index (κ1) is 14.9. The topological polar surface area (TPSA) is 20.3 Å². The van der Waals surface area contributed by atoms with Gasteiger partial charge in [0.15, 0.2) is 0 Å². The average molecular weight is 290 g/mol. The number of alkyl halides is 1. The number of rotatable bonds is 5. The highest BCUT2D eigenvalue weighted by atomic mass is 35.5. The molecule has 0 aliphatic carbocycles. The smallest absolute Gasteiger partial charge is 0.254 e. The minimum Gasteiger partial charge on any atom is -0.336 e. The van der Waals surface area contributed by atoms with Gasteiger partial charge < -0.3 is 4.90 Å². The molecule has 0 saturated heterocycles. The first-order chi connectivity index (χ1) is 9.65. The third-order valence-electron chi connectivity index (χ3n) is 3.44. The van der Waals surface area contributed by atoms with Crippen molar-refractivity contribution in [2.75, 3.05) is 12.4 Å².